The van der Waals surface area contributed by atoms with Crippen molar-refractivity contribution in [1.82, 2.24) is 0 Å². The summed E-state index contributed by atoms with van der Waals surface area (Å²) in [7, 11) is 1.65. The molecule has 0 amide bonds. The number of aryl methyl sites for hydroxylation is 1. The first-order valence-corrected chi connectivity index (χ1v) is 11.6. The fourth-order valence-corrected chi connectivity index (χ4v) is 3.66. The van der Waals surface area contributed by atoms with Crippen molar-refractivity contribution in [2.24, 2.45) is 0 Å². The average Bonchev–Trinajstić information content (AvgIpc) is 2.90. The summed E-state index contributed by atoms with van der Waals surface area (Å²) < 4.78 is 18.0. The Morgan fingerprint density at radius 3 is 1.68 bits per heavy atom. The molecule has 4 aromatic rings. The predicted molar refractivity (Wildman–Crippen MR) is 138 cm³/mol. The van der Waals surface area contributed by atoms with E-state index in [-0.39, 0.29) is 0 Å². The Bertz CT molecular complexity index is 1170. The summed E-state index contributed by atoms with van der Waals surface area (Å²) >= 11 is 0. The zero-order valence-electron chi connectivity index (χ0n) is 19.5. The van der Waals surface area contributed by atoms with Crippen molar-refractivity contribution in [2.75, 3.05) is 7.11 Å². The summed E-state index contributed by atoms with van der Waals surface area (Å²) in [5.74, 6) is 2.12. The Balaban J connectivity index is 1.53. The number of rotatable bonds is 11. The lowest BCUT2D eigenvalue weighted by atomic mass is 10.1. The second-order valence-corrected chi connectivity index (χ2v) is 8.02. The second kappa shape index (κ2) is 12.3. The lowest BCUT2D eigenvalue weighted by molar-refractivity contribution is 0.277. The minimum Gasteiger partial charge on any atom is -0.493 e. The van der Waals surface area contributed by atoms with Gasteiger partial charge in [-0.1, -0.05) is 103 Å². The van der Waals surface area contributed by atoms with Gasteiger partial charge in [0.05, 0.1) is 7.11 Å². The minimum atomic E-state index is 0.471. The van der Waals surface area contributed by atoms with Gasteiger partial charge < -0.3 is 14.2 Å². The maximum atomic E-state index is 6.21. The highest BCUT2D eigenvalue weighted by Gasteiger charge is 2.12. The fourth-order valence-electron chi connectivity index (χ4n) is 3.66. The van der Waals surface area contributed by atoms with E-state index in [0.717, 1.165) is 35.3 Å². The van der Waals surface area contributed by atoms with Gasteiger partial charge in [-0.2, -0.15) is 0 Å². The molecule has 3 heteroatoms. The van der Waals surface area contributed by atoms with E-state index in [4.69, 9.17) is 14.2 Å². The Morgan fingerprint density at radius 1 is 0.588 bits per heavy atom. The van der Waals surface area contributed by atoms with Crippen LogP contribution in [0, 0.1) is 0 Å². The van der Waals surface area contributed by atoms with Crippen molar-refractivity contribution in [3.05, 3.63) is 131 Å². The van der Waals surface area contributed by atoms with E-state index in [0.29, 0.717) is 24.7 Å². The summed E-state index contributed by atoms with van der Waals surface area (Å²) in [6, 6.07) is 34.7. The van der Waals surface area contributed by atoms with E-state index >= 15 is 0 Å². The van der Waals surface area contributed by atoms with Gasteiger partial charge in [-0.3, -0.25) is 0 Å². The van der Waals surface area contributed by atoms with E-state index in [1.165, 1.54) is 5.56 Å². The summed E-state index contributed by atoms with van der Waals surface area (Å²) in [4.78, 5) is 0. The lowest BCUT2D eigenvalue weighted by Crippen LogP contribution is -2.01. The van der Waals surface area contributed by atoms with Crippen molar-refractivity contribution in [2.45, 2.75) is 26.1 Å². The van der Waals surface area contributed by atoms with Gasteiger partial charge in [0, 0.05) is 11.6 Å². The van der Waals surface area contributed by atoms with Gasteiger partial charge in [0.2, 0.25) is 0 Å². The Kier molecular flexibility index (Phi) is 8.40. The predicted octanol–water partition coefficient (Wildman–Crippen LogP) is 7.50. The number of hydrogen-bond donors (Lipinski definition) is 0. The van der Waals surface area contributed by atoms with Crippen LogP contribution in [-0.4, -0.2) is 7.11 Å². The maximum Gasteiger partial charge on any atom is 0.164 e. The number of hydrogen-bond acceptors (Lipinski definition) is 3. The number of allylic oxidation sites excluding steroid dienone is 1. The smallest absolute Gasteiger partial charge is 0.164 e. The van der Waals surface area contributed by atoms with Crippen LogP contribution in [0.5, 0.6) is 17.2 Å². The van der Waals surface area contributed by atoms with Gasteiger partial charge in [0.15, 0.2) is 11.5 Å². The summed E-state index contributed by atoms with van der Waals surface area (Å²) in [5.41, 5.74) is 4.51. The maximum absolute atomic E-state index is 6.21. The molecular formula is C31H30O3. The lowest BCUT2D eigenvalue weighted by Gasteiger charge is -2.16. The molecule has 172 valence electrons. The molecule has 0 heterocycles. The first kappa shape index (κ1) is 23.2. The topological polar surface area (TPSA) is 27.7 Å². The van der Waals surface area contributed by atoms with Crippen molar-refractivity contribution in [1.29, 1.82) is 0 Å². The molecule has 0 aliphatic rings. The molecule has 0 unspecified atom stereocenters. The minimum absolute atomic E-state index is 0.471. The van der Waals surface area contributed by atoms with Gasteiger partial charge in [0.25, 0.3) is 0 Å². The molecule has 0 atom stereocenters. The van der Waals surface area contributed by atoms with Crippen LogP contribution in [0.15, 0.2) is 109 Å². The van der Waals surface area contributed by atoms with Crippen molar-refractivity contribution < 1.29 is 14.2 Å². The molecule has 4 aromatic carbocycles. The summed E-state index contributed by atoms with van der Waals surface area (Å²) in [6.45, 7) is 0.956. The molecule has 0 spiro atoms. The number of benzene rings is 4. The summed E-state index contributed by atoms with van der Waals surface area (Å²) in [6.07, 6.45) is 6.22. The van der Waals surface area contributed by atoms with E-state index in [9.17, 15) is 0 Å². The van der Waals surface area contributed by atoms with Crippen molar-refractivity contribution in [3.8, 4) is 17.2 Å². The van der Waals surface area contributed by atoms with Gasteiger partial charge in [0.1, 0.15) is 19.0 Å². The molecule has 0 aliphatic heterocycles. The number of methoxy groups -OCH3 is 1. The highest BCUT2D eigenvalue weighted by atomic mass is 16.5. The fraction of sp³-hybridized carbons (Fsp3) is 0.161. The quantitative estimate of drug-likeness (QED) is 0.237. The largest absolute Gasteiger partial charge is 0.493 e. The van der Waals surface area contributed by atoms with Gasteiger partial charge in [-0.05, 0) is 35.6 Å². The van der Waals surface area contributed by atoms with Crippen molar-refractivity contribution in [3.63, 3.8) is 0 Å². The molecular weight excluding hydrogens is 420 g/mol. The van der Waals surface area contributed by atoms with Crippen LogP contribution in [0.4, 0.5) is 0 Å². The van der Waals surface area contributed by atoms with Gasteiger partial charge in [-0.15, -0.1) is 0 Å². The van der Waals surface area contributed by atoms with E-state index in [1.807, 2.05) is 66.7 Å². The normalized spacial score (nSPS) is 10.9. The molecule has 0 bridgehead atoms. The second-order valence-electron chi connectivity index (χ2n) is 8.02. The zero-order chi connectivity index (χ0) is 23.4. The first-order chi connectivity index (χ1) is 16.8. The summed E-state index contributed by atoms with van der Waals surface area (Å²) in [5, 5.41) is 0. The Hall–Kier alpha value is -3.98. The molecule has 0 fully saturated rings. The van der Waals surface area contributed by atoms with E-state index < -0.39 is 0 Å². The molecule has 4 rings (SSSR count). The molecule has 0 N–H and O–H groups in total. The standard InChI is InChI=1S/C31H30O3/c1-32-30-22-29(33-23-26-16-7-3-8-17-26)28(20-12-11-15-25-13-5-2-6-14-25)21-31(30)34-24-27-18-9-4-10-19-27/h2-10,12-14,16-22H,11,15,23-24H2,1H3. The Labute approximate surface area is 202 Å². The average molecular weight is 451 g/mol. The van der Waals surface area contributed by atoms with Crippen LogP contribution in [-0.2, 0) is 19.6 Å². The zero-order valence-corrected chi connectivity index (χ0v) is 19.5. The molecule has 0 aromatic heterocycles. The van der Waals surface area contributed by atoms with Crippen LogP contribution in [0.25, 0.3) is 6.08 Å². The molecule has 3 nitrogen and oxygen atoms in total. The highest BCUT2D eigenvalue weighted by molar-refractivity contribution is 5.63. The molecule has 0 saturated carbocycles. The third-order valence-electron chi connectivity index (χ3n) is 5.51. The number of ether oxygens (including phenoxy) is 3. The molecule has 0 radical (unpaired) electrons. The first-order valence-electron chi connectivity index (χ1n) is 11.6. The van der Waals surface area contributed by atoms with Crippen LogP contribution in [0.2, 0.25) is 0 Å². The molecule has 0 saturated heterocycles. The van der Waals surface area contributed by atoms with Crippen LogP contribution in [0.1, 0.15) is 28.7 Å². The van der Waals surface area contributed by atoms with E-state index in [1.54, 1.807) is 7.11 Å². The SMILES string of the molecule is COc1cc(OCc2ccccc2)c(C=CCCc2ccccc2)cc1OCc1ccccc1. The Morgan fingerprint density at radius 2 is 1.12 bits per heavy atom. The monoisotopic (exact) mass is 450 g/mol. The highest BCUT2D eigenvalue weighted by Crippen LogP contribution is 2.36. The van der Waals surface area contributed by atoms with E-state index in [2.05, 4.69) is 48.6 Å². The van der Waals surface area contributed by atoms with Gasteiger partial charge >= 0.3 is 0 Å². The van der Waals surface area contributed by atoms with Crippen LogP contribution < -0.4 is 14.2 Å². The van der Waals surface area contributed by atoms with Gasteiger partial charge in [-0.25, -0.2) is 0 Å². The molecule has 0 aliphatic carbocycles. The van der Waals surface area contributed by atoms with Crippen molar-refractivity contribution >= 4 is 6.08 Å². The van der Waals surface area contributed by atoms with Crippen LogP contribution >= 0.6 is 0 Å². The third-order valence-corrected chi connectivity index (χ3v) is 5.51. The van der Waals surface area contributed by atoms with Crippen LogP contribution in [0.3, 0.4) is 0 Å². The molecule has 34 heavy (non-hydrogen) atoms. The third kappa shape index (κ3) is 6.76.